The minimum absolute atomic E-state index is 0.0192. The molecule has 0 spiro atoms. The number of benzene rings is 1. The smallest absolute Gasteiger partial charge is 0.231 e. The van der Waals surface area contributed by atoms with E-state index in [0.717, 1.165) is 35.9 Å². The normalized spacial score (nSPS) is 20.0. The molecule has 1 aliphatic carbocycles. The third kappa shape index (κ3) is 7.59. The van der Waals surface area contributed by atoms with Crippen LogP contribution >= 0.6 is 0 Å². The molecule has 7 nitrogen and oxygen atoms in total. The highest BCUT2D eigenvalue weighted by molar-refractivity contribution is 6.07. The SMILES string of the molecule is CC/C=C(\C(=N)C(Cc1cc(F)cc(F)c1)NC(=O)CC1C(=O)NC(CCC)=C1C)C1=CC(C(N)=O)CC=C1. The summed E-state index contributed by atoms with van der Waals surface area (Å²) in [5, 5.41) is 14.8. The number of halogens is 2. The van der Waals surface area contributed by atoms with Crippen LogP contribution in [0.4, 0.5) is 8.78 Å². The predicted octanol–water partition coefficient (Wildman–Crippen LogP) is 4.55. The van der Waals surface area contributed by atoms with Gasteiger partial charge in [0.25, 0.3) is 0 Å². The van der Waals surface area contributed by atoms with Crippen molar-refractivity contribution in [1.29, 1.82) is 5.41 Å². The zero-order valence-electron chi connectivity index (χ0n) is 22.6. The van der Waals surface area contributed by atoms with Gasteiger partial charge in [-0.2, -0.15) is 0 Å². The van der Waals surface area contributed by atoms with Crippen molar-refractivity contribution in [3.05, 3.63) is 82.1 Å². The molecule has 0 bridgehead atoms. The molecular formula is C30H36F2N4O3. The number of nitrogens with two attached hydrogens (primary N) is 1. The van der Waals surface area contributed by atoms with E-state index in [9.17, 15) is 23.2 Å². The van der Waals surface area contributed by atoms with Crippen LogP contribution in [0, 0.1) is 28.9 Å². The molecule has 39 heavy (non-hydrogen) atoms. The molecule has 1 aromatic carbocycles. The first-order valence-electron chi connectivity index (χ1n) is 13.3. The molecule has 0 radical (unpaired) electrons. The van der Waals surface area contributed by atoms with Crippen LogP contribution in [0.3, 0.4) is 0 Å². The van der Waals surface area contributed by atoms with Gasteiger partial charge in [-0.15, -0.1) is 0 Å². The molecule has 0 aromatic heterocycles. The largest absolute Gasteiger partial charge is 0.369 e. The molecule has 1 aromatic rings. The van der Waals surface area contributed by atoms with Gasteiger partial charge < -0.3 is 21.8 Å². The molecule has 0 saturated carbocycles. The molecule has 208 valence electrons. The van der Waals surface area contributed by atoms with Crippen LogP contribution < -0.4 is 16.4 Å². The van der Waals surface area contributed by atoms with Gasteiger partial charge in [-0.3, -0.25) is 14.4 Å². The Hall–Kier alpha value is -3.88. The summed E-state index contributed by atoms with van der Waals surface area (Å²) in [7, 11) is 0. The number of rotatable bonds is 12. The van der Waals surface area contributed by atoms with E-state index in [1.54, 1.807) is 18.2 Å². The number of nitrogens with one attached hydrogen (secondary N) is 3. The number of carbonyl (C=O) groups is 3. The van der Waals surface area contributed by atoms with E-state index in [4.69, 9.17) is 11.1 Å². The molecule has 3 unspecified atom stereocenters. The van der Waals surface area contributed by atoms with Gasteiger partial charge in [-0.1, -0.05) is 44.6 Å². The first-order chi connectivity index (χ1) is 18.5. The summed E-state index contributed by atoms with van der Waals surface area (Å²) < 4.78 is 28.0. The number of hydrogen-bond donors (Lipinski definition) is 4. The Morgan fingerprint density at radius 1 is 1.23 bits per heavy atom. The van der Waals surface area contributed by atoms with Crippen molar-refractivity contribution in [3.8, 4) is 0 Å². The second kappa shape index (κ2) is 13.3. The maximum atomic E-state index is 14.0. The van der Waals surface area contributed by atoms with Gasteiger partial charge in [-0.25, -0.2) is 8.78 Å². The van der Waals surface area contributed by atoms with Gasteiger partial charge in [0.05, 0.1) is 23.6 Å². The van der Waals surface area contributed by atoms with E-state index in [2.05, 4.69) is 10.6 Å². The van der Waals surface area contributed by atoms with Crippen LogP contribution in [0.25, 0.3) is 0 Å². The lowest BCUT2D eigenvalue weighted by Gasteiger charge is -2.25. The molecule has 9 heteroatoms. The fraction of sp³-hybridized carbons (Fsp3) is 0.400. The highest BCUT2D eigenvalue weighted by Crippen LogP contribution is 2.28. The number of allylic oxidation sites excluding steroid dienone is 5. The summed E-state index contributed by atoms with van der Waals surface area (Å²) in [6.45, 7) is 5.72. The molecule has 1 heterocycles. The average Bonchev–Trinajstić information content (AvgIpc) is 3.13. The van der Waals surface area contributed by atoms with Crippen LogP contribution in [0.1, 0.15) is 58.4 Å². The fourth-order valence-corrected chi connectivity index (χ4v) is 4.96. The Bertz CT molecular complexity index is 1260. The molecule has 5 N–H and O–H groups in total. The Morgan fingerprint density at radius 3 is 2.54 bits per heavy atom. The molecular weight excluding hydrogens is 502 g/mol. The Kier molecular flexibility index (Phi) is 10.1. The Balaban J connectivity index is 1.91. The van der Waals surface area contributed by atoms with Crippen molar-refractivity contribution in [2.24, 2.45) is 17.6 Å². The van der Waals surface area contributed by atoms with Gasteiger partial charge in [0, 0.05) is 23.8 Å². The Labute approximate surface area is 227 Å². The molecule has 2 aliphatic rings. The highest BCUT2D eigenvalue weighted by Gasteiger charge is 2.33. The summed E-state index contributed by atoms with van der Waals surface area (Å²) in [6, 6.07) is 2.13. The first-order valence-corrected chi connectivity index (χ1v) is 13.3. The third-order valence-corrected chi connectivity index (χ3v) is 6.97. The van der Waals surface area contributed by atoms with Crippen molar-refractivity contribution in [2.75, 3.05) is 0 Å². The van der Waals surface area contributed by atoms with E-state index >= 15 is 0 Å². The van der Waals surface area contributed by atoms with Gasteiger partial charge in [0.1, 0.15) is 11.6 Å². The van der Waals surface area contributed by atoms with E-state index in [0.29, 0.717) is 30.4 Å². The van der Waals surface area contributed by atoms with Crippen LogP contribution in [-0.4, -0.2) is 29.5 Å². The third-order valence-electron chi connectivity index (χ3n) is 6.97. The van der Waals surface area contributed by atoms with Crippen molar-refractivity contribution in [1.82, 2.24) is 10.6 Å². The maximum Gasteiger partial charge on any atom is 0.231 e. The van der Waals surface area contributed by atoms with E-state index in [-0.39, 0.29) is 30.0 Å². The first kappa shape index (κ1) is 29.7. The fourth-order valence-electron chi connectivity index (χ4n) is 4.96. The van der Waals surface area contributed by atoms with Crippen molar-refractivity contribution in [2.45, 2.75) is 65.3 Å². The monoisotopic (exact) mass is 538 g/mol. The van der Waals surface area contributed by atoms with Crippen molar-refractivity contribution >= 4 is 23.4 Å². The lowest BCUT2D eigenvalue weighted by Crippen LogP contribution is -2.44. The number of hydrogen-bond acceptors (Lipinski definition) is 4. The molecule has 3 rings (SSSR count). The molecule has 0 fully saturated rings. The maximum absolute atomic E-state index is 14.0. The van der Waals surface area contributed by atoms with Gasteiger partial charge in [-0.05, 0) is 61.4 Å². The average molecular weight is 539 g/mol. The van der Waals surface area contributed by atoms with Crippen LogP contribution in [0.2, 0.25) is 0 Å². The molecule has 3 amide bonds. The van der Waals surface area contributed by atoms with Gasteiger partial charge >= 0.3 is 0 Å². The molecule has 3 atom stereocenters. The standard InChI is InChI=1S/C30H36F2N4O3/c1-4-7-23(19-9-6-10-20(14-19)29(34)38)28(33)26(13-18-11-21(31)15-22(32)12-18)35-27(37)16-24-17(3)25(8-5-2)36-30(24)39/h6-7,9,11-12,14-15,20,24,26,33H,4-5,8,10,13,16H2,1-3H3,(H2,34,38)(H,35,37)(H,36,39)/b23-7-,33-28?. The van der Waals surface area contributed by atoms with Crippen LogP contribution in [-0.2, 0) is 20.8 Å². The lowest BCUT2D eigenvalue weighted by molar-refractivity contribution is -0.128. The number of primary amides is 1. The second-order valence-electron chi connectivity index (χ2n) is 9.97. The summed E-state index contributed by atoms with van der Waals surface area (Å²) in [5.41, 5.74) is 8.54. The van der Waals surface area contributed by atoms with E-state index < -0.39 is 41.3 Å². The number of carbonyl (C=O) groups excluding carboxylic acids is 3. The summed E-state index contributed by atoms with van der Waals surface area (Å²) in [5.74, 6) is -3.88. The van der Waals surface area contributed by atoms with E-state index in [1.165, 1.54) is 0 Å². The summed E-state index contributed by atoms with van der Waals surface area (Å²) in [4.78, 5) is 37.6. The number of amides is 3. The van der Waals surface area contributed by atoms with Crippen molar-refractivity contribution in [3.63, 3.8) is 0 Å². The minimum atomic E-state index is -0.955. The van der Waals surface area contributed by atoms with Crippen molar-refractivity contribution < 1.29 is 23.2 Å². The molecule has 0 saturated heterocycles. The Morgan fingerprint density at radius 2 is 1.92 bits per heavy atom. The highest BCUT2D eigenvalue weighted by atomic mass is 19.1. The van der Waals surface area contributed by atoms with E-state index in [1.807, 2.05) is 26.8 Å². The van der Waals surface area contributed by atoms with Gasteiger partial charge in [0.15, 0.2) is 0 Å². The quantitative estimate of drug-likeness (QED) is 0.292. The zero-order valence-corrected chi connectivity index (χ0v) is 22.6. The predicted molar refractivity (Wildman–Crippen MR) is 146 cm³/mol. The van der Waals surface area contributed by atoms with Crippen LogP contribution in [0.5, 0.6) is 0 Å². The zero-order chi connectivity index (χ0) is 28.7. The van der Waals surface area contributed by atoms with Crippen LogP contribution in [0.15, 0.2) is 64.9 Å². The minimum Gasteiger partial charge on any atom is -0.369 e. The summed E-state index contributed by atoms with van der Waals surface area (Å²) >= 11 is 0. The van der Waals surface area contributed by atoms with Gasteiger partial charge in [0.2, 0.25) is 17.7 Å². The molecule has 1 aliphatic heterocycles. The topological polar surface area (TPSA) is 125 Å². The summed E-state index contributed by atoms with van der Waals surface area (Å²) in [6.07, 6.45) is 9.50. The lowest BCUT2D eigenvalue weighted by atomic mass is 9.86. The second-order valence-corrected chi connectivity index (χ2v) is 9.97.